The molecule has 1 atom stereocenters. The monoisotopic (exact) mass is 372 g/mol. The van der Waals surface area contributed by atoms with Crippen LogP contribution < -0.4 is 10.5 Å². The highest BCUT2D eigenvalue weighted by atomic mass is 19.1. The first-order valence-corrected chi connectivity index (χ1v) is 8.56. The largest absolute Gasteiger partial charge is 0.490 e. The van der Waals surface area contributed by atoms with Gasteiger partial charge in [-0.2, -0.15) is 4.68 Å². The molecule has 0 aliphatic heterocycles. The van der Waals surface area contributed by atoms with Gasteiger partial charge in [-0.25, -0.2) is 9.18 Å². The first-order valence-electron chi connectivity index (χ1n) is 8.56. The van der Waals surface area contributed by atoms with E-state index in [0.29, 0.717) is 5.56 Å². The molecule has 0 saturated heterocycles. The Morgan fingerprint density at radius 3 is 2.52 bits per heavy atom. The summed E-state index contributed by atoms with van der Waals surface area (Å²) in [6.45, 7) is 5.82. The topological polar surface area (TPSA) is 77.5 Å². The Labute approximate surface area is 155 Å². The second kappa shape index (κ2) is 7.75. The Morgan fingerprint density at radius 2 is 1.81 bits per heavy atom. The van der Waals surface area contributed by atoms with Crippen molar-refractivity contribution in [1.29, 1.82) is 0 Å². The van der Waals surface area contributed by atoms with Crippen molar-refractivity contribution in [3.63, 3.8) is 0 Å². The van der Waals surface area contributed by atoms with Crippen LogP contribution in [0.25, 0.3) is 11.5 Å². The van der Waals surface area contributed by atoms with Crippen molar-refractivity contribution in [1.82, 2.24) is 9.78 Å². The summed E-state index contributed by atoms with van der Waals surface area (Å²) < 4.78 is 24.9. The van der Waals surface area contributed by atoms with Crippen molar-refractivity contribution in [2.75, 3.05) is 6.61 Å². The minimum absolute atomic E-state index is 0.0102. The first-order chi connectivity index (χ1) is 12.8. The average Bonchev–Trinajstić information content (AvgIpc) is 2.99. The molecule has 0 aliphatic rings. The van der Waals surface area contributed by atoms with Gasteiger partial charge in [0.1, 0.15) is 24.3 Å². The van der Waals surface area contributed by atoms with E-state index in [9.17, 15) is 14.3 Å². The van der Waals surface area contributed by atoms with Crippen molar-refractivity contribution < 1.29 is 18.7 Å². The normalized spacial score (nSPS) is 12.2. The predicted molar refractivity (Wildman–Crippen MR) is 98.3 cm³/mol. The number of ether oxygens (including phenoxy) is 1. The van der Waals surface area contributed by atoms with E-state index < -0.39 is 17.7 Å². The molecule has 1 N–H and O–H groups in total. The number of halogens is 1. The maximum Gasteiger partial charge on any atom is 0.437 e. The van der Waals surface area contributed by atoms with E-state index in [1.54, 1.807) is 0 Å². The number of aliphatic hydroxyl groups excluding tert-OH is 1. The summed E-state index contributed by atoms with van der Waals surface area (Å²) in [6.07, 6.45) is -0.951. The van der Waals surface area contributed by atoms with Crippen LogP contribution in [0.3, 0.4) is 0 Å². The zero-order valence-electron chi connectivity index (χ0n) is 15.4. The van der Waals surface area contributed by atoms with Crippen LogP contribution in [0.2, 0.25) is 0 Å². The first kappa shape index (κ1) is 18.8. The van der Waals surface area contributed by atoms with E-state index in [4.69, 9.17) is 9.15 Å². The number of aliphatic hydroxyl groups is 1. The van der Waals surface area contributed by atoms with Gasteiger partial charge in [-0.05, 0) is 61.7 Å². The number of aryl methyl sites for hydroxylation is 2. The molecule has 0 fully saturated rings. The van der Waals surface area contributed by atoms with E-state index in [1.807, 2.05) is 32.9 Å². The fourth-order valence-corrected chi connectivity index (χ4v) is 2.71. The smallest absolute Gasteiger partial charge is 0.437 e. The van der Waals surface area contributed by atoms with Crippen molar-refractivity contribution >= 4 is 0 Å². The predicted octanol–water partition coefficient (Wildman–Crippen LogP) is 3.01. The minimum Gasteiger partial charge on any atom is -0.490 e. The molecule has 1 heterocycles. The van der Waals surface area contributed by atoms with E-state index in [-0.39, 0.29) is 19.0 Å². The lowest BCUT2D eigenvalue weighted by atomic mass is 10.1. The zero-order chi connectivity index (χ0) is 19.6. The Kier molecular flexibility index (Phi) is 5.41. The summed E-state index contributed by atoms with van der Waals surface area (Å²) in [5.41, 5.74) is 3.56. The average molecular weight is 372 g/mol. The molecule has 0 bridgehead atoms. The molecule has 2 aromatic carbocycles. The Balaban J connectivity index is 1.68. The van der Waals surface area contributed by atoms with Gasteiger partial charge in [-0.1, -0.05) is 12.1 Å². The third kappa shape index (κ3) is 4.25. The second-order valence-corrected chi connectivity index (χ2v) is 6.48. The maximum atomic E-state index is 13.0. The number of hydrogen-bond donors (Lipinski definition) is 1. The molecule has 7 heteroatoms. The number of aromatic nitrogens is 2. The third-order valence-corrected chi connectivity index (χ3v) is 4.37. The molecule has 142 valence electrons. The summed E-state index contributed by atoms with van der Waals surface area (Å²) >= 11 is 0. The molecule has 3 aromatic rings. The molecule has 0 aliphatic carbocycles. The van der Waals surface area contributed by atoms with Crippen LogP contribution in [-0.4, -0.2) is 27.6 Å². The Bertz CT molecular complexity index is 992. The van der Waals surface area contributed by atoms with Gasteiger partial charge in [-0.3, -0.25) is 0 Å². The van der Waals surface area contributed by atoms with Crippen molar-refractivity contribution in [2.24, 2.45) is 0 Å². The van der Waals surface area contributed by atoms with Gasteiger partial charge in [-0.15, -0.1) is 5.10 Å². The molecule has 0 amide bonds. The van der Waals surface area contributed by atoms with E-state index >= 15 is 0 Å². The number of rotatable bonds is 6. The van der Waals surface area contributed by atoms with E-state index in [1.165, 1.54) is 24.3 Å². The van der Waals surface area contributed by atoms with Crippen LogP contribution in [0.5, 0.6) is 5.75 Å². The molecule has 0 radical (unpaired) electrons. The van der Waals surface area contributed by atoms with Gasteiger partial charge < -0.3 is 14.3 Å². The van der Waals surface area contributed by atoms with Gasteiger partial charge in [0.25, 0.3) is 0 Å². The van der Waals surface area contributed by atoms with Crippen LogP contribution in [0.4, 0.5) is 4.39 Å². The molecule has 0 saturated carbocycles. The Hall–Kier alpha value is -2.93. The van der Waals surface area contributed by atoms with Crippen molar-refractivity contribution in [2.45, 2.75) is 33.4 Å². The van der Waals surface area contributed by atoms with E-state index in [2.05, 4.69) is 5.10 Å². The zero-order valence-corrected chi connectivity index (χ0v) is 15.4. The molecule has 0 unspecified atom stereocenters. The van der Waals surface area contributed by atoms with Crippen molar-refractivity contribution in [3.8, 4) is 17.2 Å². The molecule has 27 heavy (non-hydrogen) atoms. The molecule has 6 nitrogen and oxygen atoms in total. The van der Waals surface area contributed by atoms with Crippen LogP contribution in [0, 0.1) is 26.6 Å². The summed E-state index contributed by atoms with van der Waals surface area (Å²) in [5.74, 6) is -0.293. The van der Waals surface area contributed by atoms with Gasteiger partial charge in [0.2, 0.25) is 5.89 Å². The van der Waals surface area contributed by atoms with Gasteiger partial charge >= 0.3 is 5.76 Å². The minimum atomic E-state index is -0.951. The number of benzene rings is 2. The number of nitrogens with zero attached hydrogens (tertiary/aromatic N) is 2. The van der Waals surface area contributed by atoms with Crippen LogP contribution in [-0.2, 0) is 6.54 Å². The molecule has 0 spiro atoms. The summed E-state index contributed by atoms with van der Waals surface area (Å²) in [7, 11) is 0. The van der Waals surface area contributed by atoms with Crippen LogP contribution in [0.15, 0.2) is 45.6 Å². The second-order valence-electron chi connectivity index (χ2n) is 6.48. The standard InChI is InChI=1S/C20H21FN2O4/c1-12-4-5-13(2)18(14(12)3)26-11-17(24)10-23-20(25)27-19(22-23)15-6-8-16(21)9-7-15/h4-9,17,24H,10-11H2,1-3H3/t17-/m1/s1. The van der Waals surface area contributed by atoms with Gasteiger partial charge in [0, 0.05) is 5.56 Å². The van der Waals surface area contributed by atoms with Crippen molar-refractivity contribution in [3.05, 3.63) is 69.5 Å². The van der Waals surface area contributed by atoms with E-state index in [0.717, 1.165) is 27.1 Å². The fourth-order valence-electron chi connectivity index (χ4n) is 2.71. The van der Waals surface area contributed by atoms with Crippen LogP contribution in [0.1, 0.15) is 16.7 Å². The number of hydrogen-bond acceptors (Lipinski definition) is 5. The summed E-state index contributed by atoms with van der Waals surface area (Å²) in [5, 5.41) is 14.3. The third-order valence-electron chi connectivity index (χ3n) is 4.37. The summed E-state index contributed by atoms with van der Waals surface area (Å²) in [6, 6.07) is 9.41. The summed E-state index contributed by atoms with van der Waals surface area (Å²) in [4.78, 5) is 12.0. The highest BCUT2D eigenvalue weighted by Gasteiger charge is 2.16. The molecule has 3 rings (SSSR count). The molecular weight excluding hydrogens is 351 g/mol. The van der Waals surface area contributed by atoms with Crippen LogP contribution >= 0.6 is 0 Å². The fraction of sp³-hybridized carbons (Fsp3) is 0.300. The Morgan fingerprint density at radius 1 is 1.15 bits per heavy atom. The lowest BCUT2D eigenvalue weighted by Crippen LogP contribution is -2.29. The molecular formula is C20H21FN2O4. The van der Waals surface area contributed by atoms with Gasteiger partial charge in [0.05, 0.1) is 6.54 Å². The lowest BCUT2D eigenvalue weighted by molar-refractivity contribution is 0.0869. The van der Waals surface area contributed by atoms with Gasteiger partial charge in [0.15, 0.2) is 0 Å². The molecule has 1 aromatic heterocycles. The maximum absolute atomic E-state index is 13.0. The SMILES string of the molecule is Cc1ccc(C)c(OC[C@H](O)Cn2nc(-c3ccc(F)cc3)oc2=O)c1C. The highest BCUT2D eigenvalue weighted by Crippen LogP contribution is 2.25. The quantitative estimate of drug-likeness (QED) is 0.720. The highest BCUT2D eigenvalue weighted by molar-refractivity contribution is 5.51. The lowest BCUT2D eigenvalue weighted by Gasteiger charge is -2.16.